The second kappa shape index (κ2) is 4.33. The number of nitrogens with zero attached hydrogens (tertiary/aromatic N) is 1. The van der Waals surface area contributed by atoms with Gasteiger partial charge in [0.2, 0.25) is 0 Å². The summed E-state index contributed by atoms with van der Waals surface area (Å²) in [5.74, 6) is -1.31. The van der Waals surface area contributed by atoms with Gasteiger partial charge >= 0.3 is 12.1 Å². The second-order valence-corrected chi connectivity index (χ2v) is 3.85. The van der Waals surface area contributed by atoms with Crippen LogP contribution in [0.5, 0.6) is 0 Å². The van der Waals surface area contributed by atoms with Crippen LogP contribution in [0.25, 0.3) is 0 Å². The molecule has 0 aliphatic rings. The average Bonchev–Trinajstić information content (AvgIpc) is 2.05. The summed E-state index contributed by atoms with van der Waals surface area (Å²) in [5.41, 5.74) is -1.42. The van der Waals surface area contributed by atoms with Crippen LogP contribution in [-0.4, -0.2) is 16.1 Å². The first kappa shape index (κ1) is 12.2. The summed E-state index contributed by atoms with van der Waals surface area (Å²) in [6, 6.07) is 1.34. The Morgan fingerprint density at radius 3 is 2.60 bits per heavy atom. The van der Waals surface area contributed by atoms with Crippen molar-refractivity contribution in [1.82, 2.24) is 4.98 Å². The number of carboxylic acid groups (broad SMARTS) is 1. The minimum Gasteiger partial charge on any atom is -0.481 e. The number of aliphatic carboxylic acids is 1. The fraction of sp³-hybridized carbons (Fsp3) is 0.250. The van der Waals surface area contributed by atoms with E-state index in [4.69, 9.17) is 5.11 Å². The van der Waals surface area contributed by atoms with Crippen LogP contribution in [0.15, 0.2) is 12.3 Å². The zero-order valence-electron chi connectivity index (χ0n) is 7.18. The highest BCUT2D eigenvalue weighted by atomic mass is 127. The number of carboxylic acids is 1. The Labute approximate surface area is 96.5 Å². The molecule has 0 bridgehead atoms. The lowest BCUT2D eigenvalue weighted by Crippen LogP contribution is -2.15. The maximum Gasteiger partial charge on any atom is 0.433 e. The lowest BCUT2D eigenvalue weighted by atomic mass is 10.1. The van der Waals surface area contributed by atoms with E-state index in [1.165, 1.54) is 6.07 Å². The molecule has 1 N–H and O–H groups in total. The predicted octanol–water partition coefficient (Wildman–Crippen LogP) is 2.33. The summed E-state index contributed by atoms with van der Waals surface area (Å²) in [6.07, 6.45) is -4.29. The number of aromatic nitrogens is 1. The molecule has 0 spiro atoms. The molecule has 0 aliphatic heterocycles. The lowest BCUT2D eigenvalue weighted by molar-refractivity contribution is -0.142. The number of halogens is 4. The predicted molar refractivity (Wildman–Crippen MR) is 53.3 cm³/mol. The van der Waals surface area contributed by atoms with E-state index in [0.29, 0.717) is 0 Å². The molecule has 0 saturated heterocycles. The van der Waals surface area contributed by atoms with Crippen LogP contribution >= 0.6 is 22.6 Å². The Morgan fingerprint density at radius 1 is 1.53 bits per heavy atom. The van der Waals surface area contributed by atoms with Crippen LogP contribution in [0.2, 0.25) is 0 Å². The van der Waals surface area contributed by atoms with Crippen LogP contribution in [-0.2, 0) is 17.4 Å². The number of hydrogen-bond acceptors (Lipinski definition) is 2. The van der Waals surface area contributed by atoms with E-state index in [0.717, 1.165) is 6.20 Å². The highest BCUT2D eigenvalue weighted by Gasteiger charge is 2.36. The maximum atomic E-state index is 12.4. The lowest BCUT2D eigenvalue weighted by Gasteiger charge is -2.11. The molecule has 1 aromatic rings. The molecule has 0 aromatic carbocycles. The van der Waals surface area contributed by atoms with Crippen molar-refractivity contribution >= 4 is 28.6 Å². The van der Waals surface area contributed by atoms with Gasteiger partial charge in [-0.15, -0.1) is 0 Å². The van der Waals surface area contributed by atoms with E-state index in [9.17, 15) is 18.0 Å². The fourth-order valence-electron chi connectivity index (χ4n) is 1.03. The summed E-state index contributed by atoms with van der Waals surface area (Å²) in [4.78, 5) is 13.6. The summed E-state index contributed by atoms with van der Waals surface area (Å²) >= 11 is 1.66. The summed E-state index contributed by atoms with van der Waals surface area (Å²) in [7, 11) is 0. The van der Waals surface area contributed by atoms with Crippen molar-refractivity contribution in [3.63, 3.8) is 0 Å². The normalized spacial score (nSPS) is 11.5. The van der Waals surface area contributed by atoms with Gasteiger partial charge in [-0.1, -0.05) is 0 Å². The molecule has 1 aromatic heterocycles. The molecule has 1 rings (SSSR count). The Bertz CT molecular complexity index is 392. The zero-order chi connectivity index (χ0) is 11.6. The Hall–Kier alpha value is -0.860. The monoisotopic (exact) mass is 331 g/mol. The largest absolute Gasteiger partial charge is 0.481 e. The molecule has 1 heterocycles. The summed E-state index contributed by atoms with van der Waals surface area (Å²) in [5, 5.41) is 8.48. The number of alkyl halides is 3. The van der Waals surface area contributed by atoms with E-state index >= 15 is 0 Å². The number of pyridine rings is 1. The van der Waals surface area contributed by atoms with E-state index in [1.807, 2.05) is 0 Å². The van der Waals surface area contributed by atoms with E-state index in [2.05, 4.69) is 4.98 Å². The van der Waals surface area contributed by atoms with Crippen molar-refractivity contribution in [2.45, 2.75) is 12.6 Å². The third-order valence-electron chi connectivity index (χ3n) is 1.60. The van der Waals surface area contributed by atoms with Crippen LogP contribution in [0.1, 0.15) is 11.3 Å². The van der Waals surface area contributed by atoms with Crippen LogP contribution in [0, 0.1) is 3.57 Å². The smallest absolute Gasteiger partial charge is 0.433 e. The van der Waals surface area contributed by atoms with Crippen molar-refractivity contribution in [2.24, 2.45) is 0 Å². The summed E-state index contributed by atoms with van der Waals surface area (Å²) in [6.45, 7) is 0. The molecule has 0 radical (unpaired) electrons. The molecule has 7 heteroatoms. The molecule has 0 aliphatic carbocycles. The Balaban J connectivity index is 3.26. The van der Waals surface area contributed by atoms with Gasteiger partial charge in [-0.05, 0) is 28.7 Å². The van der Waals surface area contributed by atoms with Gasteiger partial charge in [-0.25, -0.2) is 0 Å². The van der Waals surface area contributed by atoms with Crippen LogP contribution in [0.4, 0.5) is 13.2 Å². The molecule has 0 amide bonds. The quantitative estimate of drug-likeness (QED) is 0.847. The first-order valence-corrected chi connectivity index (χ1v) is 4.82. The minimum atomic E-state index is -4.62. The topological polar surface area (TPSA) is 50.2 Å². The maximum absolute atomic E-state index is 12.4. The SMILES string of the molecule is O=C(O)Cc1c(I)ccnc1C(F)(F)F. The van der Waals surface area contributed by atoms with Gasteiger partial charge in [-0.2, -0.15) is 13.2 Å². The van der Waals surface area contributed by atoms with Crippen molar-refractivity contribution in [2.75, 3.05) is 0 Å². The van der Waals surface area contributed by atoms with Gasteiger partial charge in [0.05, 0.1) is 6.42 Å². The van der Waals surface area contributed by atoms with Crippen molar-refractivity contribution < 1.29 is 23.1 Å². The number of rotatable bonds is 2. The van der Waals surface area contributed by atoms with Gasteiger partial charge in [0, 0.05) is 15.3 Å². The highest BCUT2D eigenvalue weighted by Crippen LogP contribution is 2.32. The van der Waals surface area contributed by atoms with Gasteiger partial charge in [0.25, 0.3) is 0 Å². The molecule has 0 unspecified atom stereocenters. The third kappa shape index (κ3) is 3.05. The van der Waals surface area contributed by atoms with Gasteiger partial charge < -0.3 is 5.11 Å². The Morgan fingerprint density at radius 2 is 2.13 bits per heavy atom. The molecular weight excluding hydrogens is 326 g/mol. The molecule has 0 fully saturated rings. The molecule has 0 atom stereocenters. The van der Waals surface area contributed by atoms with Gasteiger partial charge in [0.1, 0.15) is 5.69 Å². The number of carbonyl (C=O) groups is 1. The molecule has 82 valence electrons. The van der Waals surface area contributed by atoms with E-state index < -0.39 is 24.3 Å². The van der Waals surface area contributed by atoms with Crippen LogP contribution in [0.3, 0.4) is 0 Å². The van der Waals surface area contributed by atoms with E-state index in [1.54, 1.807) is 22.6 Å². The summed E-state index contributed by atoms with van der Waals surface area (Å²) < 4.78 is 37.5. The second-order valence-electron chi connectivity index (χ2n) is 2.69. The molecule has 0 saturated carbocycles. The van der Waals surface area contributed by atoms with Crippen LogP contribution < -0.4 is 0 Å². The van der Waals surface area contributed by atoms with Crippen molar-refractivity contribution in [3.8, 4) is 0 Å². The zero-order valence-corrected chi connectivity index (χ0v) is 9.33. The van der Waals surface area contributed by atoms with Crippen molar-refractivity contribution in [3.05, 3.63) is 27.1 Å². The van der Waals surface area contributed by atoms with Gasteiger partial charge in [0.15, 0.2) is 0 Å². The standard InChI is InChI=1S/C8H5F3INO2/c9-8(10,11)7-4(3-6(14)15)5(12)1-2-13-7/h1-2H,3H2,(H,14,15). The molecule has 15 heavy (non-hydrogen) atoms. The minimum absolute atomic E-state index is 0.248. The van der Waals surface area contributed by atoms with E-state index in [-0.39, 0.29) is 9.13 Å². The first-order chi connectivity index (χ1) is 6.82. The average molecular weight is 331 g/mol. The molecular formula is C8H5F3INO2. The van der Waals surface area contributed by atoms with Crippen molar-refractivity contribution in [1.29, 1.82) is 0 Å². The highest BCUT2D eigenvalue weighted by molar-refractivity contribution is 14.1. The number of hydrogen-bond donors (Lipinski definition) is 1. The Kier molecular flexibility index (Phi) is 3.53. The third-order valence-corrected chi connectivity index (χ3v) is 2.61. The first-order valence-electron chi connectivity index (χ1n) is 3.74. The molecule has 3 nitrogen and oxygen atoms in total. The van der Waals surface area contributed by atoms with Gasteiger partial charge in [-0.3, -0.25) is 9.78 Å². The fourth-order valence-corrected chi connectivity index (χ4v) is 1.64.